The molecule has 0 radical (unpaired) electrons. The van der Waals surface area contributed by atoms with Gasteiger partial charge in [0.1, 0.15) is 0 Å². The molecule has 1 aromatic rings. The van der Waals surface area contributed by atoms with Crippen molar-refractivity contribution in [3.8, 4) is 0 Å². The van der Waals surface area contributed by atoms with Gasteiger partial charge in [-0.3, -0.25) is 5.10 Å². The third-order valence-corrected chi connectivity index (χ3v) is 3.88. The number of H-pyrrole nitrogens is 1. The summed E-state index contributed by atoms with van der Waals surface area (Å²) < 4.78 is 74.7. The van der Waals surface area contributed by atoms with E-state index in [-0.39, 0.29) is 18.2 Å². The predicted octanol–water partition coefficient (Wildman–Crippen LogP) is 1.09. The van der Waals surface area contributed by atoms with Crippen molar-refractivity contribution in [2.24, 2.45) is 0 Å². The van der Waals surface area contributed by atoms with E-state index < -0.39 is 33.9 Å². The number of sulfonamides is 1. The summed E-state index contributed by atoms with van der Waals surface area (Å²) in [5, 5.41) is 8.19. The molecule has 0 saturated heterocycles. The second-order valence-corrected chi connectivity index (χ2v) is 6.35. The van der Waals surface area contributed by atoms with Gasteiger partial charge >= 0.3 is 12.3 Å². The number of rotatable bonds is 8. The second-order valence-electron chi connectivity index (χ2n) is 4.65. The van der Waals surface area contributed by atoms with E-state index in [1.165, 1.54) is 10.9 Å². The number of aromatic amines is 1. The maximum absolute atomic E-state index is 12.8. The number of nitrogens with zero attached hydrogens (tertiary/aromatic N) is 1. The van der Waals surface area contributed by atoms with E-state index in [0.717, 1.165) is 0 Å². The Kier molecular flexibility index (Phi) is 5.70. The van der Waals surface area contributed by atoms with Gasteiger partial charge in [0.2, 0.25) is 0 Å². The van der Waals surface area contributed by atoms with Gasteiger partial charge in [-0.2, -0.15) is 13.9 Å². The molecule has 0 aromatic carbocycles. The van der Waals surface area contributed by atoms with Crippen LogP contribution < -0.4 is 10.0 Å². The van der Waals surface area contributed by atoms with Crippen molar-refractivity contribution < 1.29 is 26.0 Å². The molecule has 0 bridgehead atoms. The standard InChI is InChI=1S/C10H16F4N4O2S/c1-6(2)15-3-7-4-16-18-8(7)21(19,20)17-5-10(13,14)9(11)12/h4,6,9,15,17H,3,5H2,1-2H3,(H,16,18). The summed E-state index contributed by atoms with van der Waals surface area (Å²) >= 11 is 0. The van der Waals surface area contributed by atoms with Gasteiger partial charge in [-0.15, -0.1) is 0 Å². The Hall–Kier alpha value is -1.20. The molecule has 0 unspecified atom stereocenters. The van der Waals surface area contributed by atoms with Crippen LogP contribution in [-0.2, 0) is 16.6 Å². The normalized spacial score (nSPS) is 13.3. The van der Waals surface area contributed by atoms with Gasteiger partial charge in [-0.05, 0) is 0 Å². The van der Waals surface area contributed by atoms with Crippen LogP contribution in [0.4, 0.5) is 17.6 Å². The van der Waals surface area contributed by atoms with Gasteiger partial charge in [0, 0.05) is 18.2 Å². The minimum absolute atomic E-state index is 0.0616. The number of hydrogen-bond donors (Lipinski definition) is 3. The van der Waals surface area contributed by atoms with Crippen molar-refractivity contribution in [1.29, 1.82) is 0 Å². The van der Waals surface area contributed by atoms with Crippen LogP contribution in [0.5, 0.6) is 0 Å². The van der Waals surface area contributed by atoms with Crippen LogP contribution in [0.15, 0.2) is 11.2 Å². The molecule has 0 spiro atoms. The number of nitrogens with one attached hydrogen (secondary N) is 3. The first-order chi connectivity index (χ1) is 9.56. The number of alkyl halides is 4. The third-order valence-electron chi connectivity index (χ3n) is 2.46. The number of halogens is 4. The maximum Gasteiger partial charge on any atom is 0.320 e. The molecule has 0 saturated carbocycles. The average Bonchev–Trinajstić information content (AvgIpc) is 2.83. The van der Waals surface area contributed by atoms with Gasteiger partial charge < -0.3 is 5.32 Å². The lowest BCUT2D eigenvalue weighted by Gasteiger charge is -2.16. The lowest BCUT2D eigenvalue weighted by atomic mass is 10.3. The Morgan fingerprint density at radius 1 is 1.38 bits per heavy atom. The summed E-state index contributed by atoms with van der Waals surface area (Å²) in [6.07, 6.45) is -2.74. The summed E-state index contributed by atoms with van der Waals surface area (Å²) in [5.41, 5.74) is 0.219. The maximum atomic E-state index is 12.8. The zero-order valence-electron chi connectivity index (χ0n) is 11.3. The molecule has 122 valence electrons. The van der Waals surface area contributed by atoms with Crippen LogP contribution >= 0.6 is 0 Å². The molecule has 0 aliphatic heterocycles. The summed E-state index contributed by atoms with van der Waals surface area (Å²) in [5.74, 6) is -4.44. The molecule has 21 heavy (non-hydrogen) atoms. The summed E-state index contributed by atoms with van der Waals surface area (Å²) in [7, 11) is -4.38. The third kappa shape index (κ3) is 4.93. The molecule has 3 N–H and O–H groups in total. The molecule has 0 atom stereocenters. The molecule has 11 heteroatoms. The van der Waals surface area contributed by atoms with E-state index in [1.54, 1.807) is 0 Å². The van der Waals surface area contributed by atoms with Crippen molar-refractivity contribution in [1.82, 2.24) is 20.2 Å². The van der Waals surface area contributed by atoms with E-state index >= 15 is 0 Å². The molecule has 0 amide bonds. The predicted molar refractivity (Wildman–Crippen MR) is 66.7 cm³/mol. The van der Waals surface area contributed by atoms with Gasteiger partial charge in [0.15, 0.2) is 5.03 Å². The van der Waals surface area contributed by atoms with Crippen LogP contribution in [-0.4, -0.2) is 43.5 Å². The highest BCUT2D eigenvalue weighted by molar-refractivity contribution is 7.89. The van der Waals surface area contributed by atoms with Crippen LogP contribution in [0.3, 0.4) is 0 Å². The Balaban J connectivity index is 2.82. The molecule has 1 aromatic heterocycles. The molecule has 1 rings (SSSR count). The Labute approximate surface area is 119 Å². The Bertz CT molecular complexity index is 559. The number of aromatic nitrogens is 2. The van der Waals surface area contributed by atoms with Gasteiger partial charge in [0.05, 0.1) is 12.7 Å². The van der Waals surface area contributed by atoms with E-state index in [0.29, 0.717) is 0 Å². The van der Waals surface area contributed by atoms with E-state index in [9.17, 15) is 26.0 Å². The first-order valence-electron chi connectivity index (χ1n) is 5.97. The smallest absolute Gasteiger partial charge is 0.310 e. The molecule has 1 heterocycles. The first kappa shape index (κ1) is 17.9. The van der Waals surface area contributed by atoms with Crippen molar-refractivity contribution in [3.63, 3.8) is 0 Å². The fourth-order valence-corrected chi connectivity index (χ4v) is 2.48. The summed E-state index contributed by atoms with van der Waals surface area (Å²) in [6.45, 7) is 2.10. The van der Waals surface area contributed by atoms with Crippen LogP contribution in [0.2, 0.25) is 0 Å². The van der Waals surface area contributed by atoms with Crippen molar-refractivity contribution in [2.45, 2.75) is 43.8 Å². The molecule has 6 nitrogen and oxygen atoms in total. The topological polar surface area (TPSA) is 86.9 Å². The van der Waals surface area contributed by atoms with E-state index in [4.69, 9.17) is 0 Å². The fourth-order valence-electron chi connectivity index (χ4n) is 1.31. The summed E-state index contributed by atoms with van der Waals surface area (Å²) in [4.78, 5) is 0. The second kappa shape index (κ2) is 6.71. The minimum Gasteiger partial charge on any atom is -0.310 e. The lowest BCUT2D eigenvalue weighted by molar-refractivity contribution is -0.122. The monoisotopic (exact) mass is 332 g/mol. The lowest BCUT2D eigenvalue weighted by Crippen LogP contribution is -2.41. The average molecular weight is 332 g/mol. The van der Waals surface area contributed by atoms with Crippen LogP contribution in [0.1, 0.15) is 19.4 Å². The minimum atomic E-state index is -4.44. The highest BCUT2D eigenvalue weighted by Crippen LogP contribution is 2.22. The fraction of sp³-hybridized carbons (Fsp3) is 0.700. The zero-order valence-corrected chi connectivity index (χ0v) is 12.1. The van der Waals surface area contributed by atoms with Crippen LogP contribution in [0.25, 0.3) is 0 Å². The Morgan fingerprint density at radius 2 is 2.00 bits per heavy atom. The van der Waals surface area contributed by atoms with Crippen molar-refractivity contribution in [2.75, 3.05) is 6.54 Å². The number of hydrogen-bond acceptors (Lipinski definition) is 4. The SMILES string of the molecule is CC(C)NCc1cn[nH]c1S(=O)(=O)NCC(F)(F)C(F)F. The molecular formula is C10H16F4N4O2S. The van der Waals surface area contributed by atoms with Gasteiger partial charge in [0.25, 0.3) is 10.0 Å². The molecule has 0 aliphatic carbocycles. The molecular weight excluding hydrogens is 316 g/mol. The molecule has 0 aliphatic rings. The van der Waals surface area contributed by atoms with Gasteiger partial charge in [-0.1, -0.05) is 13.8 Å². The summed E-state index contributed by atoms with van der Waals surface area (Å²) in [6, 6.07) is 0.0616. The van der Waals surface area contributed by atoms with E-state index in [1.807, 2.05) is 13.8 Å². The first-order valence-corrected chi connectivity index (χ1v) is 7.46. The highest BCUT2D eigenvalue weighted by atomic mass is 32.2. The van der Waals surface area contributed by atoms with Crippen molar-refractivity contribution in [3.05, 3.63) is 11.8 Å². The Morgan fingerprint density at radius 3 is 2.52 bits per heavy atom. The van der Waals surface area contributed by atoms with Crippen molar-refractivity contribution >= 4 is 10.0 Å². The molecule has 0 fully saturated rings. The van der Waals surface area contributed by atoms with Gasteiger partial charge in [-0.25, -0.2) is 21.9 Å². The van der Waals surface area contributed by atoms with Crippen LogP contribution in [0, 0.1) is 0 Å². The largest absolute Gasteiger partial charge is 0.320 e. The zero-order chi connectivity index (χ0) is 16.3. The highest BCUT2D eigenvalue weighted by Gasteiger charge is 2.42. The quantitative estimate of drug-likeness (QED) is 0.622. The van der Waals surface area contributed by atoms with E-state index in [2.05, 4.69) is 15.5 Å².